The van der Waals surface area contributed by atoms with E-state index in [2.05, 4.69) is 20.4 Å². The summed E-state index contributed by atoms with van der Waals surface area (Å²) in [5.74, 6) is 2.30. The van der Waals surface area contributed by atoms with Gasteiger partial charge in [0.15, 0.2) is 0 Å². The second kappa shape index (κ2) is 4.10. The zero-order valence-corrected chi connectivity index (χ0v) is 10.3. The molecule has 2 heterocycles. The maximum Gasteiger partial charge on any atom is 0.109 e. The van der Waals surface area contributed by atoms with Crippen LogP contribution in [0.4, 0.5) is 0 Å². The van der Waals surface area contributed by atoms with E-state index in [-0.39, 0.29) is 11.7 Å². The third-order valence-electron chi connectivity index (χ3n) is 3.55. The lowest BCUT2D eigenvalue weighted by atomic mass is 9.97. The van der Waals surface area contributed by atoms with Crippen LogP contribution in [0.25, 0.3) is 0 Å². The fourth-order valence-corrected chi connectivity index (χ4v) is 2.28. The Morgan fingerprint density at radius 1 is 1.56 bits per heavy atom. The second-order valence-corrected chi connectivity index (χ2v) is 4.95. The normalized spacial score (nSPS) is 31.6. The molecule has 0 N–H and O–H groups in total. The minimum absolute atomic E-state index is 0.152. The van der Waals surface area contributed by atoms with Gasteiger partial charge in [-0.25, -0.2) is 0 Å². The standard InChI is InChI=1S/C14H20O2/c1-5-14(4)9-8-13(16-14)11(3)12-7-6-10(2)15-12/h5-7,11,13H,1,8-9H2,2-4H3/t11-,13-,14+/m1/s1. The Balaban J connectivity index is 2.07. The first kappa shape index (κ1) is 11.5. The van der Waals surface area contributed by atoms with Crippen LogP contribution in [0.3, 0.4) is 0 Å². The topological polar surface area (TPSA) is 22.4 Å². The Labute approximate surface area is 97.3 Å². The van der Waals surface area contributed by atoms with Crippen molar-refractivity contribution in [3.05, 3.63) is 36.3 Å². The van der Waals surface area contributed by atoms with Gasteiger partial charge in [0.25, 0.3) is 0 Å². The van der Waals surface area contributed by atoms with E-state index < -0.39 is 0 Å². The van der Waals surface area contributed by atoms with Gasteiger partial charge in [0.05, 0.1) is 11.7 Å². The van der Waals surface area contributed by atoms with E-state index in [1.165, 1.54) is 0 Å². The quantitative estimate of drug-likeness (QED) is 0.723. The smallest absolute Gasteiger partial charge is 0.109 e. The SMILES string of the molecule is C=C[C@@]1(C)CC[C@H]([C@H](C)c2ccc(C)o2)O1. The van der Waals surface area contributed by atoms with Crippen LogP contribution >= 0.6 is 0 Å². The minimum Gasteiger partial charge on any atom is -0.466 e. The molecule has 0 aliphatic carbocycles. The van der Waals surface area contributed by atoms with Crippen molar-refractivity contribution in [1.29, 1.82) is 0 Å². The van der Waals surface area contributed by atoms with Crippen molar-refractivity contribution in [2.24, 2.45) is 0 Å². The largest absolute Gasteiger partial charge is 0.466 e. The van der Waals surface area contributed by atoms with Gasteiger partial charge >= 0.3 is 0 Å². The molecule has 1 aromatic rings. The third-order valence-corrected chi connectivity index (χ3v) is 3.55. The van der Waals surface area contributed by atoms with Gasteiger partial charge in [-0.05, 0) is 38.8 Å². The summed E-state index contributed by atoms with van der Waals surface area (Å²) in [5.41, 5.74) is -0.152. The molecule has 0 unspecified atom stereocenters. The van der Waals surface area contributed by atoms with Crippen molar-refractivity contribution in [2.75, 3.05) is 0 Å². The van der Waals surface area contributed by atoms with Crippen molar-refractivity contribution < 1.29 is 9.15 Å². The lowest BCUT2D eigenvalue weighted by molar-refractivity contribution is -0.00806. The van der Waals surface area contributed by atoms with Crippen molar-refractivity contribution in [2.45, 2.75) is 51.2 Å². The predicted molar refractivity (Wildman–Crippen MR) is 64.6 cm³/mol. The molecule has 2 heteroatoms. The zero-order chi connectivity index (χ0) is 11.8. The van der Waals surface area contributed by atoms with E-state index in [4.69, 9.17) is 9.15 Å². The molecule has 0 spiro atoms. The highest BCUT2D eigenvalue weighted by molar-refractivity contribution is 5.13. The van der Waals surface area contributed by atoms with E-state index >= 15 is 0 Å². The molecule has 16 heavy (non-hydrogen) atoms. The van der Waals surface area contributed by atoms with Crippen LogP contribution in [-0.2, 0) is 4.74 Å². The van der Waals surface area contributed by atoms with E-state index in [9.17, 15) is 0 Å². The molecule has 1 aliphatic rings. The average molecular weight is 220 g/mol. The lowest BCUT2D eigenvalue weighted by Gasteiger charge is -2.23. The molecule has 2 nitrogen and oxygen atoms in total. The molecular weight excluding hydrogens is 200 g/mol. The molecule has 1 fully saturated rings. The van der Waals surface area contributed by atoms with Crippen molar-refractivity contribution in [3.8, 4) is 0 Å². The van der Waals surface area contributed by atoms with E-state index in [0.717, 1.165) is 24.4 Å². The summed E-state index contributed by atoms with van der Waals surface area (Å²) >= 11 is 0. The van der Waals surface area contributed by atoms with Crippen LogP contribution in [0.1, 0.15) is 44.1 Å². The molecule has 0 radical (unpaired) electrons. The number of hydrogen-bond acceptors (Lipinski definition) is 2. The monoisotopic (exact) mass is 220 g/mol. The van der Waals surface area contributed by atoms with Gasteiger partial charge in [0, 0.05) is 5.92 Å². The van der Waals surface area contributed by atoms with Gasteiger partial charge in [-0.2, -0.15) is 0 Å². The molecule has 1 aromatic heterocycles. The highest BCUT2D eigenvalue weighted by Crippen LogP contribution is 2.38. The molecule has 88 valence electrons. The van der Waals surface area contributed by atoms with Crippen molar-refractivity contribution in [3.63, 3.8) is 0 Å². The first-order chi connectivity index (χ1) is 7.54. The molecule has 3 atom stereocenters. The third kappa shape index (κ3) is 2.07. The van der Waals surface area contributed by atoms with Crippen LogP contribution in [0.2, 0.25) is 0 Å². The van der Waals surface area contributed by atoms with Gasteiger partial charge in [-0.3, -0.25) is 0 Å². The van der Waals surface area contributed by atoms with Crippen LogP contribution in [0.15, 0.2) is 29.2 Å². The van der Waals surface area contributed by atoms with Gasteiger partial charge in [0.2, 0.25) is 0 Å². The fraction of sp³-hybridized carbons (Fsp3) is 0.571. The first-order valence-corrected chi connectivity index (χ1v) is 5.92. The number of furan rings is 1. The van der Waals surface area contributed by atoms with Gasteiger partial charge in [0.1, 0.15) is 11.5 Å². The molecule has 2 rings (SSSR count). The molecular formula is C14H20O2. The highest BCUT2D eigenvalue weighted by atomic mass is 16.5. The maximum atomic E-state index is 6.05. The van der Waals surface area contributed by atoms with Crippen molar-refractivity contribution >= 4 is 0 Å². The highest BCUT2D eigenvalue weighted by Gasteiger charge is 2.37. The van der Waals surface area contributed by atoms with Crippen LogP contribution in [0.5, 0.6) is 0 Å². The van der Waals surface area contributed by atoms with E-state index in [0.29, 0.717) is 5.92 Å². The Bertz CT molecular complexity index is 380. The Hall–Kier alpha value is -1.02. The van der Waals surface area contributed by atoms with E-state index in [1.54, 1.807) is 0 Å². The number of hydrogen-bond donors (Lipinski definition) is 0. The van der Waals surface area contributed by atoms with Crippen molar-refractivity contribution in [1.82, 2.24) is 0 Å². The second-order valence-electron chi connectivity index (χ2n) is 4.95. The molecule has 0 amide bonds. The summed E-state index contributed by atoms with van der Waals surface area (Å²) < 4.78 is 11.7. The number of rotatable bonds is 3. The molecule has 0 bridgehead atoms. The summed E-state index contributed by atoms with van der Waals surface area (Å²) in [4.78, 5) is 0. The van der Waals surface area contributed by atoms with Crippen LogP contribution in [0, 0.1) is 6.92 Å². The molecule has 1 saturated heterocycles. The summed E-state index contributed by atoms with van der Waals surface area (Å²) in [6, 6.07) is 4.06. The fourth-order valence-electron chi connectivity index (χ4n) is 2.28. The zero-order valence-electron chi connectivity index (χ0n) is 10.3. The predicted octanol–water partition coefficient (Wildman–Crippen LogP) is 3.82. The Morgan fingerprint density at radius 3 is 2.81 bits per heavy atom. The summed E-state index contributed by atoms with van der Waals surface area (Å²) in [5, 5.41) is 0. The van der Waals surface area contributed by atoms with Gasteiger partial charge < -0.3 is 9.15 Å². The number of ether oxygens (including phenoxy) is 1. The van der Waals surface area contributed by atoms with Crippen LogP contribution in [-0.4, -0.2) is 11.7 Å². The Morgan fingerprint density at radius 2 is 2.31 bits per heavy atom. The summed E-state index contributed by atoms with van der Waals surface area (Å²) in [6.45, 7) is 10.1. The minimum atomic E-state index is -0.152. The average Bonchev–Trinajstić information content (AvgIpc) is 2.85. The summed E-state index contributed by atoms with van der Waals surface area (Å²) in [7, 11) is 0. The van der Waals surface area contributed by atoms with E-state index in [1.807, 2.05) is 25.1 Å². The first-order valence-electron chi connectivity index (χ1n) is 5.92. The van der Waals surface area contributed by atoms with Crippen LogP contribution < -0.4 is 0 Å². The van der Waals surface area contributed by atoms with Gasteiger partial charge in [-0.1, -0.05) is 13.0 Å². The Kier molecular flexibility index (Phi) is 2.94. The maximum absolute atomic E-state index is 6.05. The number of aryl methyl sites for hydroxylation is 1. The van der Waals surface area contributed by atoms with Gasteiger partial charge in [-0.15, -0.1) is 6.58 Å². The molecule has 0 aromatic carbocycles. The molecule has 1 aliphatic heterocycles. The lowest BCUT2D eigenvalue weighted by Crippen LogP contribution is -2.24. The molecule has 0 saturated carbocycles. The summed E-state index contributed by atoms with van der Waals surface area (Å²) in [6.07, 6.45) is 4.27.